The smallest absolute Gasteiger partial charge is 0.407 e. The number of aromatic nitrogens is 2. The van der Waals surface area contributed by atoms with Gasteiger partial charge >= 0.3 is 11.9 Å². The summed E-state index contributed by atoms with van der Waals surface area (Å²) in [5.74, 6) is -1.08. The zero-order valence-electron chi connectivity index (χ0n) is 17.2. The van der Waals surface area contributed by atoms with E-state index in [4.69, 9.17) is 4.42 Å². The molecule has 0 aliphatic rings. The van der Waals surface area contributed by atoms with Gasteiger partial charge in [-0.05, 0) is 24.6 Å². The zero-order chi connectivity index (χ0) is 24.5. The van der Waals surface area contributed by atoms with Crippen LogP contribution in [-0.4, -0.2) is 20.4 Å². The van der Waals surface area contributed by atoms with Crippen molar-refractivity contribution >= 4 is 39.2 Å². The van der Waals surface area contributed by atoms with Gasteiger partial charge in [-0.25, -0.2) is 9.78 Å². The van der Waals surface area contributed by atoms with Gasteiger partial charge in [0.2, 0.25) is 5.91 Å². The fraction of sp³-hybridized carbons (Fsp3) is 0.190. The van der Waals surface area contributed by atoms with Crippen LogP contribution in [0.25, 0.3) is 22.4 Å². The number of fused-ring (bicyclic) bond motifs is 1. The Morgan fingerprint density at radius 2 is 2.03 bits per heavy atom. The number of rotatable bonds is 7. The summed E-state index contributed by atoms with van der Waals surface area (Å²) < 4.78 is 45.1. The van der Waals surface area contributed by atoms with E-state index in [9.17, 15) is 32.9 Å². The minimum atomic E-state index is -4.47. The number of nitro benzene ring substituents is 1. The van der Waals surface area contributed by atoms with E-state index in [0.29, 0.717) is 11.2 Å². The minimum absolute atomic E-state index is 0.0323. The Balaban J connectivity index is 1.37. The molecule has 4 rings (SSSR count). The van der Waals surface area contributed by atoms with E-state index in [1.54, 1.807) is 5.38 Å². The number of aryl methyl sites for hydroxylation is 1. The Labute approximate surface area is 192 Å². The molecule has 0 radical (unpaired) electrons. The molecule has 0 aliphatic carbocycles. The van der Waals surface area contributed by atoms with Crippen LogP contribution >= 0.6 is 11.3 Å². The summed E-state index contributed by atoms with van der Waals surface area (Å²) in [5.41, 5.74) is 0.0334. The number of amides is 1. The maximum atomic E-state index is 12.9. The highest BCUT2D eigenvalue weighted by Crippen LogP contribution is 2.33. The molecule has 0 unspecified atom stereocenters. The summed E-state index contributed by atoms with van der Waals surface area (Å²) in [6.45, 7) is 0.143. The third kappa shape index (κ3) is 4.98. The molecule has 1 N–H and O–H groups in total. The molecule has 13 heteroatoms. The monoisotopic (exact) mass is 492 g/mol. The van der Waals surface area contributed by atoms with Gasteiger partial charge in [0.1, 0.15) is 0 Å². The summed E-state index contributed by atoms with van der Waals surface area (Å²) in [4.78, 5) is 38.7. The van der Waals surface area contributed by atoms with Gasteiger partial charge in [0, 0.05) is 30.0 Å². The van der Waals surface area contributed by atoms with E-state index in [1.165, 1.54) is 28.8 Å². The van der Waals surface area contributed by atoms with Gasteiger partial charge in [0.05, 0.1) is 27.8 Å². The van der Waals surface area contributed by atoms with Crippen LogP contribution in [0.5, 0.6) is 0 Å². The number of anilines is 1. The number of hydrogen-bond acceptors (Lipinski definition) is 7. The lowest BCUT2D eigenvalue weighted by Crippen LogP contribution is -2.17. The molecule has 9 nitrogen and oxygen atoms in total. The number of non-ortho nitro benzene ring substituents is 1. The fourth-order valence-corrected chi connectivity index (χ4v) is 4.01. The molecule has 1 amide bonds. The Bertz CT molecular complexity index is 1440. The Morgan fingerprint density at radius 1 is 1.24 bits per heavy atom. The van der Waals surface area contributed by atoms with Crippen molar-refractivity contribution in [2.45, 2.75) is 25.6 Å². The Morgan fingerprint density at radius 3 is 2.76 bits per heavy atom. The number of nitrogens with zero attached hydrogens (tertiary/aromatic N) is 3. The molecule has 2 aromatic carbocycles. The molecule has 0 spiro atoms. The van der Waals surface area contributed by atoms with Crippen molar-refractivity contribution in [3.8, 4) is 11.3 Å². The molecule has 176 valence electrons. The molecule has 2 aromatic heterocycles. The summed E-state index contributed by atoms with van der Waals surface area (Å²) in [5, 5.41) is 15.2. The van der Waals surface area contributed by atoms with E-state index < -0.39 is 22.4 Å². The third-order valence-electron chi connectivity index (χ3n) is 4.88. The summed E-state index contributed by atoms with van der Waals surface area (Å²) >= 11 is 1.08. The number of nitrogens with one attached hydrogen (secondary N) is 1. The van der Waals surface area contributed by atoms with E-state index in [1.807, 2.05) is 0 Å². The average Bonchev–Trinajstić information content (AvgIpc) is 3.37. The number of oxazole rings is 1. The van der Waals surface area contributed by atoms with Gasteiger partial charge in [0.15, 0.2) is 10.7 Å². The van der Waals surface area contributed by atoms with Gasteiger partial charge in [-0.15, -0.1) is 11.3 Å². The second-order valence-electron chi connectivity index (χ2n) is 7.20. The first-order valence-electron chi connectivity index (χ1n) is 9.82. The predicted molar refractivity (Wildman–Crippen MR) is 118 cm³/mol. The molecule has 0 aliphatic heterocycles. The lowest BCUT2D eigenvalue weighted by molar-refractivity contribution is -0.384. The molecular weight excluding hydrogens is 477 g/mol. The first-order valence-corrected chi connectivity index (χ1v) is 10.7. The first kappa shape index (κ1) is 23.2. The van der Waals surface area contributed by atoms with Crippen molar-refractivity contribution in [3.05, 3.63) is 74.1 Å². The number of nitro groups is 1. The van der Waals surface area contributed by atoms with Crippen LogP contribution in [0.3, 0.4) is 0 Å². The van der Waals surface area contributed by atoms with Crippen molar-refractivity contribution in [2.75, 3.05) is 5.32 Å². The molecule has 2 heterocycles. The highest BCUT2D eigenvalue weighted by molar-refractivity contribution is 7.14. The molecule has 34 heavy (non-hydrogen) atoms. The van der Waals surface area contributed by atoms with Crippen molar-refractivity contribution in [3.63, 3.8) is 0 Å². The lowest BCUT2D eigenvalue weighted by atomic mass is 10.1. The maximum Gasteiger partial charge on any atom is 0.419 e. The second kappa shape index (κ2) is 9.09. The third-order valence-corrected chi connectivity index (χ3v) is 5.64. The van der Waals surface area contributed by atoms with Gasteiger partial charge in [-0.1, -0.05) is 12.1 Å². The largest absolute Gasteiger partial charge is 0.419 e. The number of benzene rings is 2. The predicted octanol–water partition coefficient (Wildman–Crippen LogP) is 5.06. The zero-order valence-corrected chi connectivity index (χ0v) is 18.0. The number of halogens is 3. The van der Waals surface area contributed by atoms with Crippen LogP contribution < -0.4 is 11.1 Å². The first-order chi connectivity index (χ1) is 16.1. The minimum Gasteiger partial charge on any atom is -0.407 e. The van der Waals surface area contributed by atoms with E-state index in [-0.39, 0.29) is 47.3 Å². The van der Waals surface area contributed by atoms with E-state index >= 15 is 0 Å². The Kier molecular flexibility index (Phi) is 6.20. The molecular formula is C21H15F3N4O5S. The highest BCUT2D eigenvalue weighted by atomic mass is 32.1. The molecule has 0 saturated heterocycles. The van der Waals surface area contributed by atoms with Crippen LogP contribution in [-0.2, 0) is 17.5 Å². The van der Waals surface area contributed by atoms with Crippen molar-refractivity contribution in [1.29, 1.82) is 0 Å². The second-order valence-corrected chi connectivity index (χ2v) is 8.06. The highest BCUT2D eigenvalue weighted by Gasteiger charge is 2.30. The number of carbonyl (C=O) groups excluding carboxylic acids is 1. The van der Waals surface area contributed by atoms with E-state index in [2.05, 4.69) is 10.3 Å². The van der Waals surface area contributed by atoms with Gasteiger partial charge in [-0.3, -0.25) is 19.5 Å². The normalized spacial score (nSPS) is 11.6. The fourth-order valence-electron chi connectivity index (χ4n) is 3.28. The molecule has 4 aromatic rings. The number of thiazole rings is 1. The van der Waals surface area contributed by atoms with Crippen LogP contribution in [0, 0.1) is 10.1 Å². The van der Waals surface area contributed by atoms with Crippen molar-refractivity contribution in [1.82, 2.24) is 9.55 Å². The maximum absolute atomic E-state index is 12.9. The molecule has 0 bridgehead atoms. The standard InChI is InChI=1S/C21H15F3N4O5S/c22-21(23,24)13-4-1-3-12(9-13)15-11-34-19(25-15)26-18(29)5-2-8-27-16-7-6-14(28(31)32)10-17(16)33-20(27)30/h1,3-4,6-7,9-11H,2,5,8H2,(H,25,26,29). The average molecular weight is 492 g/mol. The quantitative estimate of drug-likeness (QED) is 0.284. The van der Waals surface area contributed by atoms with Crippen molar-refractivity contribution < 1.29 is 27.3 Å². The lowest BCUT2D eigenvalue weighted by Gasteiger charge is -2.07. The van der Waals surface area contributed by atoms with E-state index in [0.717, 1.165) is 29.5 Å². The topological polar surface area (TPSA) is 120 Å². The van der Waals surface area contributed by atoms with Crippen LogP contribution in [0.4, 0.5) is 24.0 Å². The van der Waals surface area contributed by atoms with Gasteiger partial charge in [0.25, 0.3) is 5.69 Å². The van der Waals surface area contributed by atoms with Gasteiger partial charge < -0.3 is 9.73 Å². The van der Waals surface area contributed by atoms with Gasteiger partial charge in [-0.2, -0.15) is 13.2 Å². The Hall–Kier alpha value is -4.00. The summed E-state index contributed by atoms with van der Waals surface area (Å²) in [6, 6.07) is 8.56. The van der Waals surface area contributed by atoms with Crippen molar-refractivity contribution in [2.24, 2.45) is 0 Å². The number of carbonyl (C=O) groups is 1. The number of alkyl halides is 3. The van der Waals surface area contributed by atoms with Crippen LogP contribution in [0.15, 0.2) is 57.1 Å². The molecule has 0 saturated carbocycles. The SMILES string of the molecule is O=C(CCCn1c(=O)oc2cc([N+](=O)[O-])ccc21)Nc1nc(-c2cccc(C(F)(F)F)c2)cs1. The number of hydrogen-bond donors (Lipinski definition) is 1. The molecule has 0 fully saturated rings. The van der Waals surface area contributed by atoms with Crippen LogP contribution in [0.1, 0.15) is 18.4 Å². The summed E-state index contributed by atoms with van der Waals surface area (Å²) in [6.07, 6.45) is -4.17. The summed E-state index contributed by atoms with van der Waals surface area (Å²) in [7, 11) is 0. The molecule has 0 atom stereocenters. The van der Waals surface area contributed by atoms with Crippen LogP contribution in [0.2, 0.25) is 0 Å².